The Hall–Kier alpha value is -3.59. The first-order valence-electron chi connectivity index (χ1n) is 11.4. The van der Waals surface area contributed by atoms with Crippen LogP contribution in [0.15, 0.2) is 54.6 Å². The van der Waals surface area contributed by atoms with E-state index in [4.69, 9.17) is 31.4 Å². The third-order valence-electron chi connectivity index (χ3n) is 5.75. The highest BCUT2D eigenvalue weighted by atomic mass is 32.1. The van der Waals surface area contributed by atoms with Gasteiger partial charge in [-0.05, 0) is 60.8 Å². The van der Waals surface area contributed by atoms with E-state index in [-0.39, 0.29) is 6.79 Å². The normalized spacial score (nSPS) is 16.7. The largest absolute Gasteiger partial charge is 0.454 e. The molecule has 3 heterocycles. The lowest BCUT2D eigenvalue weighted by Crippen LogP contribution is -2.35. The van der Waals surface area contributed by atoms with Crippen LogP contribution in [-0.2, 0) is 6.54 Å². The summed E-state index contributed by atoms with van der Waals surface area (Å²) >= 11 is 5.51. The minimum Gasteiger partial charge on any atom is -0.454 e. The number of anilines is 2. The number of nitrogens with zero attached hydrogens (tertiary/aromatic N) is 3. The van der Waals surface area contributed by atoms with E-state index in [1.807, 2.05) is 54.6 Å². The number of hydrogen-bond acceptors (Lipinski definition) is 7. The minimum absolute atomic E-state index is 0.253. The van der Waals surface area contributed by atoms with Crippen molar-refractivity contribution < 1.29 is 14.2 Å². The van der Waals surface area contributed by atoms with Crippen molar-refractivity contribution in [3.05, 3.63) is 60.2 Å². The van der Waals surface area contributed by atoms with Gasteiger partial charge in [0.1, 0.15) is 11.6 Å². The summed E-state index contributed by atoms with van der Waals surface area (Å²) in [4.78, 5) is 11.6. The summed E-state index contributed by atoms with van der Waals surface area (Å²) in [5.41, 5.74) is 1.03. The summed E-state index contributed by atoms with van der Waals surface area (Å²) in [6.45, 7) is 4.96. The summed E-state index contributed by atoms with van der Waals surface area (Å²) in [7, 11) is 0. The predicted octanol–water partition coefficient (Wildman–Crippen LogP) is 4.72. The van der Waals surface area contributed by atoms with Gasteiger partial charge in [-0.3, -0.25) is 0 Å². The van der Waals surface area contributed by atoms with Gasteiger partial charge in [-0.25, -0.2) is 0 Å². The molecular weight excluding hydrogens is 450 g/mol. The van der Waals surface area contributed by atoms with Crippen LogP contribution in [0.25, 0.3) is 0 Å². The second-order valence-corrected chi connectivity index (χ2v) is 8.90. The van der Waals surface area contributed by atoms with Crippen LogP contribution in [0.3, 0.4) is 0 Å². The fourth-order valence-electron chi connectivity index (χ4n) is 4.07. The molecule has 1 saturated heterocycles. The van der Waals surface area contributed by atoms with Gasteiger partial charge in [0.15, 0.2) is 16.6 Å². The second-order valence-electron chi connectivity index (χ2n) is 8.49. The number of ether oxygens (including phenoxy) is 3. The molecule has 0 saturated carbocycles. The van der Waals surface area contributed by atoms with Crippen LogP contribution in [0, 0.1) is 5.92 Å². The lowest BCUT2D eigenvalue weighted by atomic mass is 10.0. The van der Waals surface area contributed by atoms with E-state index in [0.717, 1.165) is 42.4 Å². The van der Waals surface area contributed by atoms with Gasteiger partial charge in [-0.15, -0.1) is 0 Å². The zero-order valence-electron chi connectivity index (χ0n) is 19.0. The first-order valence-corrected chi connectivity index (χ1v) is 11.8. The molecule has 3 aromatic rings. The molecule has 0 spiro atoms. The van der Waals surface area contributed by atoms with Gasteiger partial charge in [0.05, 0.1) is 0 Å². The molecule has 8 nitrogen and oxygen atoms in total. The number of aromatic nitrogens is 2. The highest BCUT2D eigenvalue weighted by Crippen LogP contribution is 2.32. The van der Waals surface area contributed by atoms with Crippen LogP contribution in [0.4, 0.5) is 11.8 Å². The third-order valence-corrected chi connectivity index (χ3v) is 6.00. The number of thiocarbonyl (C=S) groups is 1. The first kappa shape index (κ1) is 22.2. The van der Waals surface area contributed by atoms with E-state index in [1.165, 1.54) is 6.42 Å². The van der Waals surface area contributed by atoms with Crippen molar-refractivity contribution in [2.75, 3.05) is 30.1 Å². The van der Waals surface area contributed by atoms with E-state index in [2.05, 4.69) is 27.4 Å². The van der Waals surface area contributed by atoms with Gasteiger partial charge in [0.25, 0.3) is 0 Å². The molecule has 2 N–H and O–H groups in total. The van der Waals surface area contributed by atoms with Crippen molar-refractivity contribution >= 4 is 29.1 Å². The van der Waals surface area contributed by atoms with Crippen LogP contribution in [0.5, 0.6) is 23.1 Å². The fourth-order valence-corrected chi connectivity index (χ4v) is 4.23. The summed E-state index contributed by atoms with van der Waals surface area (Å²) in [6.07, 6.45) is 2.37. The highest BCUT2D eigenvalue weighted by molar-refractivity contribution is 7.80. The Labute approximate surface area is 204 Å². The number of para-hydroxylation sites is 1. The summed E-state index contributed by atoms with van der Waals surface area (Å²) < 4.78 is 16.8. The molecule has 0 unspecified atom stereocenters. The molecular formula is C25H27N5O3S. The number of hydrogen-bond donors (Lipinski definition) is 2. The number of benzene rings is 2. The lowest BCUT2D eigenvalue weighted by Gasteiger charge is -2.32. The molecule has 0 amide bonds. The Morgan fingerprint density at radius 2 is 1.97 bits per heavy atom. The Bertz CT molecular complexity index is 1160. The molecule has 34 heavy (non-hydrogen) atoms. The molecule has 0 bridgehead atoms. The van der Waals surface area contributed by atoms with Gasteiger partial charge in [0, 0.05) is 25.7 Å². The Morgan fingerprint density at radius 1 is 1.12 bits per heavy atom. The average Bonchev–Trinajstić information content (AvgIpc) is 3.31. The van der Waals surface area contributed by atoms with Gasteiger partial charge >= 0.3 is 0 Å². The molecule has 1 fully saturated rings. The van der Waals surface area contributed by atoms with E-state index < -0.39 is 0 Å². The first-order chi connectivity index (χ1) is 16.6. The number of fused-ring (bicyclic) bond motifs is 1. The molecule has 9 heteroatoms. The number of piperidine rings is 1. The van der Waals surface area contributed by atoms with Crippen molar-refractivity contribution in [3.8, 4) is 23.1 Å². The van der Waals surface area contributed by atoms with E-state index in [9.17, 15) is 0 Å². The number of rotatable bonds is 6. The lowest BCUT2D eigenvalue weighted by molar-refractivity contribution is 0.174. The maximum absolute atomic E-state index is 6.02. The highest BCUT2D eigenvalue weighted by Gasteiger charge is 2.20. The quantitative estimate of drug-likeness (QED) is 0.490. The number of nitrogens with one attached hydrogen (secondary N) is 2. The minimum atomic E-state index is 0.253. The summed E-state index contributed by atoms with van der Waals surface area (Å²) in [5.74, 6) is 4.52. The Kier molecular flexibility index (Phi) is 6.62. The topological polar surface area (TPSA) is 80.8 Å². The van der Waals surface area contributed by atoms with Crippen molar-refractivity contribution in [1.82, 2.24) is 15.3 Å². The molecule has 1 aromatic heterocycles. The zero-order valence-corrected chi connectivity index (χ0v) is 19.8. The molecule has 5 rings (SSSR count). The summed E-state index contributed by atoms with van der Waals surface area (Å²) in [5, 5.41) is 6.74. The fraction of sp³-hybridized carbons (Fsp3) is 0.320. The Morgan fingerprint density at radius 3 is 2.82 bits per heavy atom. The second kappa shape index (κ2) is 10.1. The molecule has 0 aliphatic carbocycles. The standard InChI is InChI=1S/C25H27N5O3S/c1-17-6-5-11-30(15-17)22-13-23(33-19-7-3-2-4-8-19)28-24(27-22)29-25(34)26-14-18-9-10-20-21(12-18)32-16-31-20/h2-4,7-10,12-13,17H,5-6,11,14-16H2,1H3,(H2,26,27,28,29,34)/t17-/m1/s1. The van der Waals surface area contributed by atoms with Gasteiger partial charge in [0.2, 0.25) is 18.6 Å². The Balaban J connectivity index is 1.30. The predicted molar refractivity (Wildman–Crippen MR) is 135 cm³/mol. The summed E-state index contributed by atoms with van der Waals surface area (Å²) in [6, 6.07) is 17.3. The monoisotopic (exact) mass is 477 g/mol. The van der Waals surface area contributed by atoms with Gasteiger partial charge in [-0.2, -0.15) is 9.97 Å². The van der Waals surface area contributed by atoms with Crippen molar-refractivity contribution in [3.63, 3.8) is 0 Å². The SMILES string of the molecule is C[C@@H]1CCCN(c2cc(Oc3ccccc3)nc(NC(=S)NCc3ccc4c(c3)OCO4)n2)C1. The zero-order chi connectivity index (χ0) is 23.3. The van der Waals surface area contributed by atoms with Gasteiger partial charge in [-0.1, -0.05) is 31.2 Å². The van der Waals surface area contributed by atoms with Crippen LogP contribution in [0.1, 0.15) is 25.3 Å². The van der Waals surface area contributed by atoms with E-state index in [1.54, 1.807) is 0 Å². The smallest absolute Gasteiger partial charge is 0.234 e. The van der Waals surface area contributed by atoms with Crippen LogP contribution in [0.2, 0.25) is 0 Å². The van der Waals surface area contributed by atoms with Crippen LogP contribution >= 0.6 is 12.2 Å². The van der Waals surface area contributed by atoms with Crippen molar-refractivity contribution in [2.24, 2.45) is 5.92 Å². The maximum atomic E-state index is 6.02. The maximum Gasteiger partial charge on any atom is 0.234 e. The van der Waals surface area contributed by atoms with Crippen molar-refractivity contribution in [2.45, 2.75) is 26.3 Å². The van der Waals surface area contributed by atoms with Gasteiger partial charge < -0.3 is 29.7 Å². The average molecular weight is 478 g/mol. The van der Waals surface area contributed by atoms with Crippen LogP contribution < -0.4 is 29.7 Å². The third kappa shape index (κ3) is 5.48. The molecule has 1 atom stereocenters. The van der Waals surface area contributed by atoms with Crippen molar-refractivity contribution in [1.29, 1.82) is 0 Å². The van der Waals surface area contributed by atoms with Crippen LogP contribution in [-0.4, -0.2) is 35.0 Å². The molecule has 2 aliphatic rings. The van der Waals surface area contributed by atoms with E-state index >= 15 is 0 Å². The molecule has 0 radical (unpaired) electrons. The molecule has 2 aromatic carbocycles. The van der Waals surface area contributed by atoms with E-state index in [0.29, 0.717) is 35.2 Å². The molecule has 176 valence electrons. The molecule has 2 aliphatic heterocycles.